The first kappa shape index (κ1) is 15.9. The molecule has 1 atom stereocenters. The summed E-state index contributed by atoms with van der Waals surface area (Å²) in [6, 6.07) is 7.70. The SMILES string of the molecule is CCNC(=NCC1(CO)CC1)NCC1COc2ccccc2O1. The van der Waals surface area contributed by atoms with Crippen molar-refractivity contribution in [1.29, 1.82) is 0 Å². The minimum absolute atomic E-state index is 0.0196. The fraction of sp³-hybridized carbons (Fsp3) is 0.588. The summed E-state index contributed by atoms with van der Waals surface area (Å²) in [6.45, 7) is 4.83. The summed E-state index contributed by atoms with van der Waals surface area (Å²) in [5.41, 5.74) is 0.0196. The first-order chi connectivity index (χ1) is 11.2. The number of hydrogen-bond acceptors (Lipinski definition) is 4. The third-order valence-electron chi connectivity index (χ3n) is 4.27. The smallest absolute Gasteiger partial charge is 0.191 e. The lowest BCUT2D eigenvalue weighted by Gasteiger charge is -2.27. The average molecular weight is 319 g/mol. The molecule has 0 spiro atoms. The maximum Gasteiger partial charge on any atom is 0.191 e. The van der Waals surface area contributed by atoms with Crippen LogP contribution in [0.1, 0.15) is 19.8 Å². The van der Waals surface area contributed by atoms with E-state index in [1.165, 1.54) is 0 Å². The number of aliphatic imine (C=N–C) groups is 1. The molecular weight excluding hydrogens is 294 g/mol. The Hall–Kier alpha value is -1.95. The van der Waals surface area contributed by atoms with Crippen LogP contribution in [-0.2, 0) is 0 Å². The molecule has 6 heteroatoms. The van der Waals surface area contributed by atoms with E-state index in [0.717, 1.165) is 36.8 Å². The first-order valence-electron chi connectivity index (χ1n) is 8.26. The van der Waals surface area contributed by atoms with Gasteiger partial charge in [-0.15, -0.1) is 0 Å². The zero-order chi connectivity index (χ0) is 16.1. The van der Waals surface area contributed by atoms with Crippen molar-refractivity contribution < 1.29 is 14.6 Å². The van der Waals surface area contributed by atoms with E-state index >= 15 is 0 Å². The summed E-state index contributed by atoms with van der Waals surface area (Å²) >= 11 is 0. The van der Waals surface area contributed by atoms with Crippen LogP contribution >= 0.6 is 0 Å². The largest absolute Gasteiger partial charge is 0.486 e. The van der Waals surface area contributed by atoms with Gasteiger partial charge in [-0.05, 0) is 31.9 Å². The van der Waals surface area contributed by atoms with E-state index in [-0.39, 0.29) is 18.1 Å². The Morgan fingerprint density at radius 2 is 2.09 bits per heavy atom. The summed E-state index contributed by atoms with van der Waals surface area (Å²) in [5, 5.41) is 15.9. The van der Waals surface area contributed by atoms with Gasteiger partial charge in [0.1, 0.15) is 12.7 Å². The predicted octanol–water partition coefficient (Wildman–Crippen LogP) is 1.15. The van der Waals surface area contributed by atoms with E-state index in [0.29, 0.717) is 19.7 Å². The fourth-order valence-corrected chi connectivity index (χ4v) is 2.51. The third-order valence-corrected chi connectivity index (χ3v) is 4.27. The number of guanidine groups is 1. The minimum atomic E-state index is -0.0542. The Morgan fingerprint density at radius 3 is 2.78 bits per heavy atom. The first-order valence-corrected chi connectivity index (χ1v) is 8.26. The van der Waals surface area contributed by atoms with Crippen molar-refractivity contribution in [2.75, 3.05) is 32.8 Å². The molecule has 0 amide bonds. The summed E-state index contributed by atoms with van der Waals surface area (Å²) in [6.07, 6.45) is 2.06. The van der Waals surface area contributed by atoms with Gasteiger partial charge < -0.3 is 25.2 Å². The van der Waals surface area contributed by atoms with Crippen molar-refractivity contribution in [3.05, 3.63) is 24.3 Å². The molecule has 1 aromatic rings. The van der Waals surface area contributed by atoms with Gasteiger partial charge in [0.2, 0.25) is 0 Å². The maximum atomic E-state index is 9.38. The molecule has 1 saturated carbocycles. The highest BCUT2D eigenvalue weighted by Gasteiger charge is 2.41. The summed E-state index contributed by atoms with van der Waals surface area (Å²) in [5.74, 6) is 2.34. The number of benzene rings is 1. The number of nitrogens with zero attached hydrogens (tertiary/aromatic N) is 1. The molecule has 3 rings (SSSR count). The molecule has 1 aliphatic heterocycles. The van der Waals surface area contributed by atoms with Gasteiger partial charge in [-0.1, -0.05) is 12.1 Å². The van der Waals surface area contributed by atoms with Crippen molar-refractivity contribution in [3.8, 4) is 11.5 Å². The molecular formula is C17H25N3O3. The van der Waals surface area contributed by atoms with Gasteiger partial charge in [-0.3, -0.25) is 4.99 Å². The summed E-state index contributed by atoms with van der Waals surface area (Å²) < 4.78 is 11.6. The van der Waals surface area contributed by atoms with Crippen molar-refractivity contribution in [2.24, 2.45) is 10.4 Å². The van der Waals surface area contributed by atoms with Gasteiger partial charge in [-0.25, -0.2) is 0 Å². The Balaban J connectivity index is 1.52. The van der Waals surface area contributed by atoms with Gasteiger partial charge in [-0.2, -0.15) is 0 Å². The van der Waals surface area contributed by atoms with Crippen LogP contribution in [0.4, 0.5) is 0 Å². The molecule has 6 nitrogen and oxygen atoms in total. The van der Waals surface area contributed by atoms with Gasteiger partial charge in [0.15, 0.2) is 17.5 Å². The molecule has 126 valence electrons. The van der Waals surface area contributed by atoms with Crippen LogP contribution in [-0.4, -0.2) is 50.0 Å². The lowest BCUT2D eigenvalue weighted by atomic mass is 10.1. The van der Waals surface area contributed by atoms with Crippen LogP contribution in [0.15, 0.2) is 29.3 Å². The topological polar surface area (TPSA) is 75.1 Å². The fourth-order valence-electron chi connectivity index (χ4n) is 2.51. The lowest BCUT2D eigenvalue weighted by molar-refractivity contribution is 0.0936. The Bertz CT molecular complexity index is 558. The Kier molecular flexibility index (Phi) is 4.91. The zero-order valence-electron chi connectivity index (χ0n) is 13.5. The number of nitrogens with one attached hydrogen (secondary N) is 2. The van der Waals surface area contributed by atoms with E-state index in [1.807, 2.05) is 31.2 Å². The number of aliphatic hydroxyl groups is 1. The quantitative estimate of drug-likeness (QED) is 0.542. The van der Waals surface area contributed by atoms with Crippen molar-refractivity contribution in [2.45, 2.75) is 25.9 Å². The van der Waals surface area contributed by atoms with E-state index < -0.39 is 0 Å². The van der Waals surface area contributed by atoms with Gasteiger partial charge >= 0.3 is 0 Å². The number of ether oxygens (including phenoxy) is 2. The van der Waals surface area contributed by atoms with E-state index in [2.05, 4.69) is 15.6 Å². The molecule has 0 aromatic heterocycles. The second kappa shape index (κ2) is 7.08. The molecule has 1 aliphatic carbocycles. The molecule has 2 aliphatic rings. The molecule has 1 aromatic carbocycles. The highest BCUT2D eigenvalue weighted by molar-refractivity contribution is 5.79. The number of para-hydroxylation sites is 2. The molecule has 1 heterocycles. The summed E-state index contributed by atoms with van der Waals surface area (Å²) in [4.78, 5) is 4.59. The molecule has 1 fully saturated rings. The number of hydrogen-bond donors (Lipinski definition) is 3. The zero-order valence-corrected chi connectivity index (χ0v) is 13.5. The van der Waals surface area contributed by atoms with E-state index in [4.69, 9.17) is 9.47 Å². The van der Waals surface area contributed by atoms with Crippen molar-refractivity contribution >= 4 is 5.96 Å². The minimum Gasteiger partial charge on any atom is -0.486 e. The summed E-state index contributed by atoms with van der Waals surface area (Å²) in [7, 11) is 0. The Morgan fingerprint density at radius 1 is 1.30 bits per heavy atom. The van der Waals surface area contributed by atoms with Gasteiger partial charge in [0.05, 0.1) is 19.7 Å². The second-order valence-electron chi connectivity index (χ2n) is 6.23. The van der Waals surface area contributed by atoms with Gasteiger partial charge in [0.25, 0.3) is 0 Å². The normalized spacial score (nSPS) is 21.7. The molecule has 3 N–H and O–H groups in total. The highest BCUT2D eigenvalue weighted by Crippen LogP contribution is 2.45. The van der Waals surface area contributed by atoms with Crippen LogP contribution in [0.3, 0.4) is 0 Å². The number of aliphatic hydroxyl groups excluding tert-OH is 1. The second-order valence-corrected chi connectivity index (χ2v) is 6.23. The van der Waals surface area contributed by atoms with Crippen LogP contribution in [0.25, 0.3) is 0 Å². The number of fused-ring (bicyclic) bond motifs is 1. The third kappa shape index (κ3) is 4.07. The molecule has 0 saturated heterocycles. The van der Waals surface area contributed by atoms with Crippen molar-refractivity contribution in [3.63, 3.8) is 0 Å². The van der Waals surface area contributed by atoms with Crippen LogP contribution < -0.4 is 20.1 Å². The van der Waals surface area contributed by atoms with E-state index in [1.54, 1.807) is 0 Å². The van der Waals surface area contributed by atoms with Crippen LogP contribution in [0.5, 0.6) is 11.5 Å². The molecule has 0 radical (unpaired) electrons. The standard InChI is InChI=1S/C17H25N3O3/c1-2-18-16(20-11-17(12-21)7-8-17)19-9-13-10-22-14-5-3-4-6-15(14)23-13/h3-6,13,21H,2,7-12H2,1H3,(H2,18,19,20). The Labute approximate surface area is 136 Å². The average Bonchev–Trinajstić information content (AvgIpc) is 3.38. The monoisotopic (exact) mass is 319 g/mol. The molecule has 1 unspecified atom stereocenters. The maximum absolute atomic E-state index is 9.38. The van der Waals surface area contributed by atoms with E-state index in [9.17, 15) is 5.11 Å². The molecule has 23 heavy (non-hydrogen) atoms. The lowest BCUT2D eigenvalue weighted by Crippen LogP contribution is -2.45. The molecule has 0 bridgehead atoms. The van der Waals surface area contributed by atoms with Crippen LogP contribution in [0.2, 0.25) is 0 Å². The van der Waals surface area contributed by atoms with Gasteiger partial charge in [0, 0.05) is 12.0 Å². The highest BCUT2D eigenvalue weighted by atomic mass is 16.6. The predicted molar refractivity (Wildman–Crippen MR) is 89.1 cm³/mol. The van der Waals surface area contributed by atoms with Crippen LogP contribution in [0, 0.1) is 5.41 Å². The number of rotatable bonds is 6. The van der Waals surface area contributed by atoms with Crippen molar-refractivity contribution in [1.82, 2.24) is 10.6 Å².